The van der Waals surface area contributed by atoms with Crippen molar-refractivity contribution in [2.75, 3.05) is 5.32 Å². The van der Waals surface area contributed by atoms with Gasteiger partial charge in [0.15, 0.2) is 5.76 Å². The second-order valence-corrected chi connectivity index (χ2v) is 10.3. The number of amides is 2. The van der Waals surface area contributed by atoms with E-state index in [2.05, 4.69) is 26.2 Å². The maximum absolute atomic E-state index is 13.7. The molecule has 0 saturated carbocycles. The highest BCUT2D eigenvalue weighted by Gasteiger charge is 2.35. The summed E-state index contributed by atoms with van der Waals surface area (Å²) in [7, 11) is 0. The third-order valence-corrected chi connectivity index (χ3v) is 7.28. The van der Waals surface area contributed by atoms with Crippen molar-refractivity contribution < 1.29 is 36.3 Å². The van der Waals surface area contributed by atoms with Crippen molar-refractivity contribution in [1.29, 1.82) is 0 Å². The fourth-order valence-electron chi connectivity index (χ4n) is 3.83. The molecule has 3 N–H and O–H groups in total. The quantitative estimate of drug-likeness (QED) is 0.182. The molecule has 0 atom stereocenters. The smallest absolute Gasteiger partial charge is 0.433 e. The molecule has 0 radical (unpaired) electrons. The van der Waals surface area contributed by atoms with Gasteiger partial charge in [-0.2, -0.15) is 13.2 Å². The van der Waals surface area contributed by atoms with Gasteiger partial charge >= 0.3 is 6.18 Å². The van der Waals surface area contributed by atoms with Crippen molar-refractivity contribution in [3.63, 3.8) is 0 Å². The molecule has 5 aromatic rings. The number of nitrogens with one attached hydrogen (secondary N) is 1. The van der Waals surface area contributed by atoms with Crippen LogP contribution in [0.1, 0.15) is 31.7 Å². The summed E-state index contributed by atoms with van der Waals surface area (Å²) in [5, 5.41) is 2.58. The molecule has 40 heavy (non-hydrogen) atoms. The molecule has 0 bridgehead atoms. The topological polar surface area (TPSA) is 107 Å². The van der Waals surface area contributed by atoms with Crippen molar-refractivity contribution in [3.05, 3.63) is 99.1 Å². The molecule has 0 spiro atoms. The van der Waals surface area contributed by atoms with Crippen LogP contribution in [0.4, 0.5) is 23.2 Å². The summed E-state index contributed by atoms with van der Waals surface area (Å²) in [6, 6.07) is 15.5. The Hall–Kier alpha value is -4.23. The molecule has 0 aliphatic rings. The number of thiophene rings is 1. The molecule has 3 heterocycles. The van der Waals surface area contributed by atoms with E-state index < -0.39 is 29.5 Å². The Kier molecular flexibility index (Phi) is 7.34. The number of alkyl halides is 3. The van der Waals surface area contributed by atoms with Gasteiger partial charge in [-0.15, -0.1) is 11.3 Å². The molecule has 0 aliphatic heterocycles. The number of ether oxygens (including phenoxy) is 1. The Bertz CT molecular complexity index is 1730. The van der Waals surface area contributed by atoms with Crippen molar-refractivity contribution >= 4 is 55.0 Å². The molecule has 204 valence electrons. The summed E-state index contributed by atoms with van der Waals surface area (Å²) in [6.45, 7) is 0.0156. The van der Waals surface area contributed by atoms with Crippen LogP contribution in [0.15, 0.2) is 75.6 Å². The standard InChI is InChI=1S/C27H16BrF4N3O4S/c28-14-3-7-16(8-4-14)38-12-17-9-10-19(39-17)25(37)35-22-21-18(13-1-5-15(29)6-2-13)11-20(27(30,31)32)34-26(21)40-23(22)24(33)36/h1-11H,12H2,(H2,33,36)(H,35,37). The molecule has 0 saturated heterocycles. The number of carbonyl (C=O) groups is 2. The first-order valence-electron chi connectivity index (χ1n) is 11.4. The van der Waals surface area contributed by atoms with Gasteiger partial charge in [-0.3, -0.25) is 9.59 Å². The van der Waals surface area contributed by atoms with E-state index in [4.69, 9.17) is 14.9 Å². The van der Waals surface area contributed by atoms with Crippen LogP contribution in [-0.4, -0.2) is 16.8 Å². The Morgan fingerprint density at radius 1 is 1.05 bits per heavy atom. The average Bonchev–Trinajstić information content (AvgIpc) is 3.53. The van der Waals surface area contributed by atoms with Gasteiger partial charge in [0.05, 0.1) is 5.69 Å². The van der Waals surface area contributed by atoms with E-state index in [1.165, 1.54) is 24.3 Å². The fraction of sp³-hybridized carbons (Fsp3) is 0.0741. The predicted molar refractivity (Wildman–Crippen MR) is 144 cm³/mol. The van der Waals surface area contributed by atoms with Crippen LogP contribution >= 0.6 is 27.3 Å². The van der Waals surface area contributed by atoms with Gasteiger partial charge in [-0.25, -0.2) is 9.37 Å². The molecule has 13 heteroatoms. The Morgan fingerprint density at radius 2 is 1.75 bits per heavy atom. The number of pyridine rings is 1. The van der Waals surface area contributed by atoms with E-state index in [1.807, 2.05) is 0 Å². The highest BCUT2D eigenvalue weighted by Crippen LogP contribution is 2.43. The molecule has 0 fully saturated rings. The molecule has 0 aliphatic carbocycles. The van der Waals surface area contributed by atoms with Gasteiger partial charge in [0.25, 0.3) is 11.8 Å². The van der Waals surface area contributed by atoms with Crippen molar-refractivity contribution in [2.45, 2.75) is 12.8 Å². The molecule has 2 aromatic carbocycles. The van der Waals surface area contributed by atoms with Crippen LogP contribution in [0.3, 0.4) is 0 Å². The Morgan fingerprint density at radius 3 is 2.40 bits per heavy atom. The number of nitrogens with zero attached hydrogens (tertiary/aromatic N) is 1. The summed E-state index contributed by atoms with van der Waals surface area (Å²) in [6.07, 6.45) is -4.81. The zero-order valence-electron chi connectivity index (χ0n) is 20.0. The van der Waals surface area contributed by atoms with Crippen LogP contribution in [0.2, 0.25) is 0 Å². The van der Waals surface area contributed by atoms with Crippen molar-refractivity contribution in [2.24, 2.45) is 5.73 Å². The number of aromatic nitrogens is 1. The third-order valence-electron chi connectivity index (χ3n) is 5.65. The van der Waals surface area contributed by atoms with Gasteiger partial charge in [-0.1, -0.05) is 28.1 Å². The average molecular weight is 634 g/mol. The first-order chi connectivity index (χ1) is 19.0. The monoisotopic (exact) mass is 633 g/mol. The summed E-state index contributed by atoms with van der Waals surface area (Å²) < 4.78 is 66.6. The maximum Gasteiger partial charge on any atom is 0.433 e. The number of hydrogen-bond donors (Lipinski definition) is 2. The molecule has 5 rings (SSSR count). The number of benzene rings is 2. The van der Waals surface area contributed by atoms with Crippen molar-refractivity contribution in [1.82, 2.24) is 4.98 Å². The summed E-state index contributed by atoms with van der Waals surface area (Å²) in [4.78, 5) is 28.7. The minimum absolute atomic E-state index is 0.0156. The fourth-order valence-corrected chi connectivity index (χ4v) is 5.10. The van der Waals surface area contributed by atoms with Gasteiger partial charge in [0.2, 0.25) is 0 Å². The predicted octanol–water partition coefficient (Wildman–Crippen LogP) is 7.41. The third kappa shape index (κ3) is 5.70. The summed E-state index contributed by atoms with van der Waals surface area (Å²) in [5.74, 6) is -1.63. The second-order valence-electron chi connectivity index (χ2n) is 8.37. The number of furan rings is 1. The van der Waals surface area contributed by atoms with E-state index in [-0.39, 0.29) is 44.3 Å². The lowest BCUT2D eigenvalue weighted by molar-refractivity contribution is -0.140. The first-order valence-corrected chi connectivity index (χ1v) is 13.0. The van der Waals surface area contributed by atoms with Crippen LogP contribution < -0.4 is 15.8 Å². The van der Waals surface area contributed by atoms with Gasteiger partial charge < -0.3 is 20.2 Å². The van der Waals surface area contributed by atoms with Gasteiger partial charge in [0.1, 0.15) is 39.3 Å². The molecule has 2 amide bonds. The van der Waals surface area contributed by atoms with E-state index in [9.17, 15) is 27.2 Å². The van der Waals surface area contributed by atoms with E-state index in [1.54, 1.807) is 24.3 Å². The lowest BCUT2D eigenvalue weighted by Crippen LogP contribution is -2.16. The molecule has 3 aromatic heterocycles. The van der Waals surface area contributed by atoms with Crippen LogP contribution in [0, 0.1) is 5.82 Å². The van der Waals surface area contributed by atoms with Crippen LogP contribution in [-0.2, 0) is 12.8 Å². The Balaban J connectivity index is 1.51. The van der Waals surface area contributed by atoms with Crippen LogP contribution in [0.5, 0.6) is 5.75 Å². The lowest BCUT2D eigenvalue weighted by atomic mass is 10.0. The number of anilines is 1. The van der Waals surface area contributed by atoms with E-state index in [0.29, 0.717) is 22.8 Å². The largest absolute Gasteiger partial charge is 0.486 e. The summed E-state index contributed by atoms with van der Waals surface area (Å²) >= 11 is 3.93. The zero-order valence-corrected chi connectivity index (χ0v) is 22.4. The number of fused-ring (bicyclic) bond motifs is 1. The zero-order chi connectivity index (χ0) is 28.6. The number of primary amides is 1. The minimum Gasteiger partial charge on any atom is -0.486 e. The molecular weight excluding hydrogens is 618 g/mol. The van der Waals surface area contributed by atoms with Gasteiger partial charge in [-0.05, 0) is 65.7 Å². The minimum atomic E-state index is -4.81. The summed E-state index contributed by atoms with van der Waals surface area (Å²) in [5.41, 5.74) is 4.32. The highest BCUT2D eigenvalue weighted by atomic mass is 79.9. The number of nitrogens with two attached hydrogens (primary N) is 1. The molecule has 7 nitrogen and oxygen atoms in total. The molecular formula is C27H16BrF4N3O4S. The normalized spacial score (nSPS) is 11.5. The SMILES string of the molecule is NC(=O)c1sc2nc(C(F)(F)F)cc(-c3ccc(F)cc3)c2c1NC(=O)c1ccc(COc2ccc(Br)cc2)o1. The van der Waals surface area contributed by atoms with Crippen LogP contribution in [0.25, 0.3) is 21.3 Å². The number of hydrogen-bond acceptors (Lipinski definition) is 6. The number of carbonyl (C=O) groups excluding carboxylic acids is 2. The van der Waals surface area contributed by atoms with Crippen molar-refractivity contribution in [3.8, 4) is 16.9 Å². The van der Waals surface area contributed by atoms with Gasteiger partial charge in [0, 0.05) is 9.86 Å². The Labute approximate surface area is 235 Å². The first kappa shape index (κ1) is 27.3. The maximum atomic E-state index is 13.7. The van der Waals surface area contributed by atoms with E-state index >= 15 is 0 Å². The van der Waals surface area contributed by atoms with E-state index in [0.717, 1.165) is 22.7 Å². The lowest BCUT2D eigenvalue weighted by Gasteiger charge is -2.12. The molecule has 0 unspecified atom stereocenters. The highest BCUT2D eigenvalue weighted by molar-refractivity contribution is 9.10. The second kappa shape index (κ2) is 10.7. The number of halogens is 5. The number of rotatable bonds is 7.